The third-order valence-corrected chi connectivity index (χ3v) is 8.10. The largest absolute Gasteiger partial charge is 0.360 e. The highest BCUT2D eigenvalue weighted by Crippen LogP contribution is 2.29. The van der Waals surface area contributed by atoms with E-state index in [1.807, 2.05) is 0 Å². The minimum Gasteiger partial charge on any atom is -0.360 e. The number of nitrogens with zero attached hydrogens (tertiary/aromatic N) is 2. The summed E-state index contributed by atoms with van der Waals surface area (Å²) < 4.78 is 32.1. The molecule has 0 unspecified atom stereocenters. The van der Waals surface area contributed by atoms with Crippen LogP contribution in [-0.2, 0) is 14.8 Å². The Bertz CT molecular complexity index is 726. The molecular formula is C19H31N3O4S. The normalized spacial score (nSPS) is 20.2. The molecule has 0 spiro atoms. The van der Waals surface area contributed by atoms with Gasteiger partial charge in [-0.25, -0.2) is 8.42 Å². The van der Waals surface area contributed by atoms with Crippen molar-refractivity contribution in [2.45, 2.75) is 70.1 Å². The molecule has 2 fully saturated rings. The molecule has 2 heterocycles. The second-order valence-electron chi connectivity index (χ2n) is 7.92. The molecule has 1 aliphatic heterocycles. The standard InChI is InChI=1S/C19H31N3O4S/c1-14-18(15(2)26-21-14)27(24,25)22-12-9-17(10-13-22)19(23)20-11-5-8-16-6-3-4-7-16/h16-17H,3-13H2,1-2H3,(H,20,23). The van der Waals surface area contributed by atoms with Gasteiger partial charge < -0.3 is 9.84 Å². The van der Waals surface area contributed by atoms with Gasteiger partial charge >= 0.3 is 0 Å². The van der Waals surface area contributed by atoms with Gasteiger partial charge in [0, 0.05) is 25.6 Å². The number of rotatable bonds is 7. The highest BCUT2D eigenvalue weighted by Gasteiger charge is 2.35. The second-order valence-corrected chi connectivity index (χ2v) is 9.79. The summed E-state index contributed by atoms with van der Waals surface area (Å²) >= 11 is 0. The van der Waals surface area contributed by atoms with E-state index in [-0.39, 0.29) is 16.7 Å². The van der Waals surface area contributed by atoms with Gasteiger partial charge in [0.25, 0.3) is 0 Å². The van der Waals surface area contributed by atoms with Crippen molar-refractivity contribution >= 4 is 15.9 Å². The molecule has 2 aliphatic rings. The van der Waals surface area contributed by atoms with Crippen LogP contribution in [-0.4, -0.2) is 43.4 Å². The molecule has 1 aliphatic carbocycles. The summed E-state index contributed by atoms with van der Waals surface area (Å²) in [5.74, 6) is 1.12. The molecule has 0 bridgehead atoms. The molecule has 3 rings (SSSR count). The first-order valence-corrected chi connectivity index (χ1v) is 11.5. The molecule has 1 amide bonds. The number of hydrogen-bond donors (Lipinski definition) is 1. The van der Waals surface area contributed by atoms with Crippen LogP contribution in [0.25, 0.3) is 0 Å². The van der Waals surface area contributed by atoms with Crippen molar-refractivity contribution in [3.05, 3.63) is 11.5 Å². The SMILES string of the molecule is Cc1noc(C)c1S(=O)(=O)N1CCC(C(=O)NCCCC2CCCC2)CC1. The van der Waals surface area contributed by atoms with Crippen LogP contribution in [0.3, 0.4) is 0 Å². The monoisotopic (exact) mass is 397 g/mol. The number of sulfonamides is 1. The molecule has 152 valence electrons. The van der Waals surface area contributed by atoms with Gasteiger partial charge in [-0.05, 0) is 45.4 Å². The van der Waals surface area contributed by atoms with Crippen LogP contribution in [0, 0.1) is 25.7 Å². The van der Waals surface area contributed by atoms with E-state index in [9.17, 15) is 13.2 Å². The van der Waals surface area contributed by atoms with Crippen LogP contribution >= 0.6 is 0 Å². The van der Waals surface area contributed by atoms with Crippen molar-refractivity contribution in [1.82, 2.24) is 14.8 Å². The molecule has 7 nitrogen and oxygen atoms in total. The number of aryl methyl sites for hydroxylation is 2. The van der Waals surface area contributed by atoms with Gasteiger partial charge in [-0.3, -0.25) is 4.79 Å². The summed E-state index contributed by atoms with van der Waals surface area (Å²) in [6.07, 6.45) is 8.73. The Hall–Kier alpha value is -1.41. The molecule has 1 N–H and O–H groups in total. The highest BCUT2D eigenvalue weighted by molar-refractivity contribution is 7.89. The van der Waals surface area contributed by atoms with Gasteiger partial charge in [0.15, 0.2) is 5.76 Å². The van der Waals surface area contributed by atoms with Gasteiger partial charge in [0.1, 0.15) is 10.6 Å². The summed E-state index contributed by atoms with van der Waals surface area (Å²) in [5.41, 5.74) is 0.384. The van der Waals surface area contributed by atoms with Crippen LogP contribution in [0.1, 0.15) is 62.8 Å². The molecule has 1 saturated carbocycles. The van der Waals surface area contributed by atoms with E-state index in [1.54, 1.807) is 13.8 Å². The van der Waals surface area contributed by atoms with Gasteiger partial charge in [0.05, 0.1) is 0 Å². The summed E-state index contributed by atoms with van der Waals surface area (Å²) in [6.45, 7) is 4.68. The van der Waals surface area contributed by atoms with Crippen LogP contribution in [0.4, 0.5) is 0 Å². The van der Waals surface area contributed by atoms with E-state index in [2.05, 4.69) is 10.5 Å². The van der Waals surface area contributed by atoms with E-state index in [1.165, 1.54) is 36.4 Å². The lowest BCUT2D eigenvalue weighted by molar-refractivity contribution is -0.126. The predicted octanol–water partition coefficient (Wildman–Crippen LogP) is 2.78. The number of aromatic nitrogens is 1. The third kappa shape index (κ3) is 4.71. The summed E-state index contributed by atoms with van der Waals surface area (Å²) in [7, 11) is -3.61. The van der Waals surface area contributed by atoms with Crippen molar-refractivity contribution in [1.29, 1.82) is 0 Å². The fourth-order valence-corrected chi connectivity index (χ4v) is 6.14. The minimum atomic E-state index is -3.61. The molecule has 0 radical (unpaired) electrons. The van der Waals surface area contributed by atoms with Gasteiger partial charge in [-0.1, -0.05) is 30.8 Å². The Morgan fingerprint density at radius 2 is 1.85 bits per heavy atom. The van der Waals surface area contributed by atoms with E-state index < -0.39 is 10.0 Å². The Morgan fingerprint density at radius 3 is 2.44 bits per heavy atom. The zero-order valence-corrected chi connectivity index (χ0v) is 17.2. The van der Waals surface area contributed by atoms with E-state index in [0.717, 1.165) is 18.9 Å². The number of piperidine rings is 1. The molecular weight excluding hydrogens is 366 g/mol. The number of hydrogen-bond acceptors (Lipinski definition) is 5. The maximum atomic E-state index is 12.8. The topological polar surface area (TPSA) is 92.5 Å². The van der Waals surface area contributed by atoms with E-state index >= 15 is 0 Å². The lowest BCUT2D eigenvalue weighted by Crippen LogP contribution is -2.43. The van der Waals surface area contributed by atoms with Crippen LogP contribution < -0.4 is 5.32 Å². The van der Waals surface area contributed by atoms with Crippen molar-refractivity contribution in [3.8, 4) is 0 Å². The highest BCUT2D eigenvalue weighted by atomic mass is 32.2. The van der Waals surface area contributed by atoms with Crippen molar-refractivity contribution in [3.63, 3.8) is 0 Å². The van der Waals surface area contributed by atoms with Gasteiger partial charge in [-0.15, -0.1) is 0 Å². The van der Waals surface area contributed by atoms with Crippen molar-refractivity contribution < 1.29 is 17.7 Å². The summed E-state index contributed by atoms with van der Waals surface area (Å²) in [6, 6.07) is 0. The van der Waals surface area contributed by atoms with Crippen LogP contribution in [0.2, 0.25) is 0 Å². The Balaban J connectivity index is 1.44. The zero-order chi connectivity index (χ0) is 19.4. The molecule has 1 aromatic rings. The second kappa shape index (κ2) is 8.73. The fraction of sp³-hybridized carbons (Fsp3) is 0.789. The average molecular weight is 398 g/mol. The fourth-order valence-electron chi connectivity index (χ4n) is 4.38. The average Bonchev–Trinajstić information content (AvgIpc) is 3.28. The molecule has 0 aromatic carbocycles. The first-order valence-electron chi connectivity index (χ1n) is 10.1. The number of nitrogens with one attached hydrogen (secondary N) is 1. The summed E-state index contributed by atoms with van der Waals surface area (Å²) in [4.78, 5) is 12.5. The molecule has 0 atom stereocenters. The van der Waals surface area contributed by atoms with Crippen LogP contribution in [0.15, 0.2) is 9.42 Å². The van der Waals surface area contributed by atoms with Crippen LogP contribution in [0.5, 0.6) is 0 Å². The van der Waals surface area contributed by atoms with Crippen molar-refractivity contribution in [2.24, 2.45) is 11.8 Å². The Labute approximate surface area is 161 Å². The number of carbonyl (C=O) groups excluding carboxylic acids is 1. The molecule has 1 aromatic heterocycles. The number of carbonyl (C=O) groups is 1. The quantitative estimate of drug-likeness (QED) is 0.714. The first kappa shape index (κ1) is 20.3. The lowest BCUT2D eigenvalue weighted by atomic mass is 9.97. The maximum Gasteiger partial charge on any atom is 0.248 e. The molecule has 8 heteroatoms. The van der Waals surface area contributed by atoms with Gasteiger partial charge in [0.2, 0.25) is 15.9 Å². The third-order valence-electron chi connectivity index (χ3n) is 5.95. The van der Waals surface area contributed by atoms with E-state index in [0.29, 0.717) is 37.4 Å². The predicted molar refractivity (Wildman–Crippen MR) is 102 cm³/mol. The molecule has 27 heavy (non-hydrogen) atoms. The first-order chi connectivity index (χ1) is 12.9. The summed E-state index contributed by atoms with van der Waals surface area (Å²) in [5, 5.41) is 6.79. The van der Waals surface area contributed by atoms with E-state index in [4.69, 9.17) is 4.52 Å². The maximum absolute atomic E-state index is 12.8. The van der Waals surface area contributed by atoms with Crippen molar-refractivity contribution in [2.75, 3.05) is 19.6 Å². The Kier molecular flexibility index (Phi) is 6.57. The zero-order valence-electron chi connectivity index (χ0n) is 16.4. The minimum absolute atomic E-state index is 0.0656. The molecule has 1 saturated heterocycles. The van der Waals surface area contributed by atoms with Gasteiger partial charge in [-0.2, -0.15) is 4.31 Å². The smallest absolute Gasteiger partial charge is 0.248 e. The number of amides is 1. The Morgan fingerprint density at radius 1 is 1.19 bits per heavy atom. The lowest BCUT2D eigenvalue weighted by Gasteiger charge is -2.30.